The molecule has 1 fully saturated rings. The number of amides is 1. The van der Waals surface area contributed by atoms with Gasteiger partial charge in [0.15, 0.2) is 0 Å². The van der Waals surface area contributed by atoms with Gasteiger partial charge in [-0.05, 0) is 48.6 Å². The van der Waals surface area contributed by atoms with Gasteiger partial charge in [-0.1, -0.05) is 0 Å². The molecule has 1 aliphatic heterocycles. The zero-order valence-electron chi connectivity index (χ0n) is 10.3. The second kappa shape index (κ2) is 5.65. The highest BCUT2D eigenvalue weighted by Gasteiger charge is 2.26. The molecule has 0 unspecified atom stereocenters. The van der Waals surface area contributed by atoms with Crippen LogP contribution in [0, 0.1) is 0 Å². The molecular weight excluding hydrogens is 232 g/mol. The summed E-state index contributed by atoms with van der Waals surface area (Å²) >= 11 is 1.69. The smallest absolute Gasteiger partial charge is 0.223 e. The molecule has 1 aromatic heterocycles. The molecule has 94 valence electrons. The number of carbonyl (C=O) groups is 1. The second-order valence-corrected chi connectivity index (χ2v) is 5.63. The molecule has 0 aliphatic carbocycles. The largest absolute Gasteiger partial charge is 0.340 e. The van der Waals surface area contributed by atoms with Crippen LogP contribution < -0.4 is 5.73 Å². The van der Waals surface area contributed by atoms with E-state index < -0.39 is 0 Å². The lowest BCUT2D eigenvalue weighted by Gasteiger charge is -2.36. The van der Waals surface area contributed by atoms with E-state index in [0.29, 0.717) is 12.5 Å². The van der Waals surface area contributed by atoms with Gasteiger partial charge in [0, 0.05) is 25.0 Å². The van der Waals surface area contributed by atoms with Gasteiger partial charge in [0.1, 0.15) is 0 Å². The molecule has 1 aromatic rings. The summed E-state index contributed by atoms with van der Waals surface area (Å²) in [5.74, 6) is 0.274. The Kier molecular flexibility index (Phi) is 4.18. The Morgan fingerprint density at radius 3 is 3.12 bits per heavy atom. The Morgan fingerprint density at radius 2 is 2.47 bits per heavy atom. The minimum Gasteiger partial charge on any atom is -0.340 e. The van der Waals surface area contributed by atoms with Crippen molar-refractivity contribution in [2.75, 3.05) is 6.54 Å². The third-order valence-corrected chi connectivity index (χ3v) is 4.18. The first-order valence-electron chi connectivity index (χ1n) is 6.23. The van der Waals surface area contributed by atoms with Crippen molar-refractivity contribution in [1.29, 1.82) is 0 Å². The highest BCUT2D eigenvalue weighted by atomic mass is 32.1. The summed E-state index contributed by atoms with van der Waals surface area (Å²) in [5.41, 5.74) is 7.17. The first-order chi connectivity index (χ1) is 8.16. The summed E-state index contributed by atoms with van der Waals surface area (Å²) in [6.07, 6.45) is 3.35. The normalized spacial score (nSPS) is 24.9. The maximum absolute atomic E-state index is 12.1. The van der Waals surface area contributed by atoms with Crippen molar-refractivity contribution in [1.82, 2.24) is 4.90 Å². The first kappa shape index (κ1) is 12.6. The van der Waals surface area contributed by atoms with Gasteiger partial charge < -0.3 is 10.6 Å². The van der Waals surface area contributed by atoms with E-state index in [1.165, 1.54) is 5.56 Å². The molecule has 1 saturated heterocycles. The highest BCUT2D eigenvalue weighted by Crippen LogP contribution is 2.18. The maximum Gasteiger partial charge on any atom is 0.223 e. The number of likely N-dealkylation sites (tertiary alicyclic amines) is 1. The van der Waals surface area contributed by atoms with Gasteiger partial charge in [0.25, 0.3) is 0 Å². The lowest BCUT2D eigenvalue weighted by molar-refractivity contribution is -0.134. The molecule has 2 heterocycles. The zero-order chi connectivity index (χ0) is 12.3. The standard InChI is InChI=1S/C13H20N2OS/c1-10-8-12(14)4-6-15(10)13(16)3-2-11-5-7-17-9-11/h5,7,9-10,12H,2-4,6,8,14H2,1H3/t10-,12+/m1/s1. The number of thiophene rings is 1. The summed E-state index contributed by atoms with van der Waals surface area (Å²) in [7, 11) is 0. The highest BCUT2D eigenvalue weighted by molar-refractivity contribution is 7.07. The number of rotatable bonds is 3. The van der Waals surface area contributed by atoms with Gasteiger partial charge in [-0.25, -0.2) is 0 Å². The van der Waals surface area contributed by atoms with Crippen molar-refractivity contribution >= 4 is 17.2 Å². The number of aryl methyl sites for hydroxylation is 1. The van der Waals surface area contributed by atoms with Crippen LogP contribution in [0.3, 0.4) is 0 Å². The number of carbonyl (C=O) groups excluding carboxylic acids is 1. The van der Waals surface area contributed by atoms with E-state index in [4.69, 9.17) is 5.73 Å². The van der Waals surface area contributed by atoms with Crippen LogP contribution >= 0.6 is 11.3 Å². The molecule has 3 nitrogen and oxygen atoms in total. The van der Waals surface area contributed by atoms with E-state index in [1.807, 2.05) is 4.90 Å². The Labute approximate surface area is 107 Å². The Balaban J connectivity index is 1.83. The van der Waals surface area contributed by atoms with E-state index in [2.05, 4.69) is 23.8 Å². The summed E-state index contributed by atoms with van der Waals surface area (Å²) in [5, 5.41) is 4.17. The van der Waals surface area contributed by atoms with Crippen molar-refractivity contribution in [3.63, 3.8) is 0 Å². The van der Waals surface area contributed by atoms with Crippen LogP contribution in [-0.2, 0) is 11.2 Å². The molecule has 0 aromatic carbocycles. The average molecular weight is 252 g/mol. The summed E-state index contributed by atoms with van der Waals surface area (Å²) in [6.45, 7) is 2.92. The molecule has 2 rings (SSSR count). The van der Waals surface area contributed by atoms with Crippen molar-refractivity contribution in [3.8, 4) is 0 Å². The lowest BCUT2D eigenvalue weighted by Crippen LogP contribution is -2.48. The molecule has 0 spiro atoms. The van der Waals surface area contributed by atoms with E-state index in [1.54, 1.807) is 11.3 Å². The van der Waals surface area contributed by atoms with Gasteiger partial charge in [0.05, 0.1) is 0 Å². The van der Waals surface area contributed by atoms with Gasteiger partial charge in [-0.15, -0.1) is 0 Å². The third kappa shape index (κ3) is 3.30. The van der Waals surface area contributed by atoms with Gasteiger partial charge in [0.2, 0.25) is 5.91 Å². The van der Waals surface area contributed by atoms with Gasteiger partial charge in [-0.2, -0.15) is 11.3 Å². The number of hydrogen-bond donors (Lipinski definition) is 1. The molecule has 2 atom stereocenters. The van der Waals surface area contributed by atoms with Crippen LogP contribution in [0.5, 0.6) is 0 Å². The molecule has 2 N–H and O–H groups in total. The predicted molar refractivity (Wildman–Crippen MR) is 71.0 cm³/mol. The Hall–Kier alpha value is -0.870. The average Bonchev–Trinajstić information content (AvgIpc) is 2.78. The van der Waals surface area contributed by atoms with Crippen LogP contribution in [0.4, 0.5) is 0 Å². The van der Waals surface area contributed by atoms with Crippen molar-refractivity contribution in [2.24, 2.45) is 5.73 Å². The predicted octanol–water partition coefficient (Wildman–Crippen LogP) is 2.02. The second-order valence-electron chi connectivity index (χ2n) is 4.85. The molecule has 0 bridgehead atoms. The SMILES string of the molecule is C[C@@H]1C[C@@H](N)CCN1C(=O)CCc1ccsc1. The van der Waals surface area contributed by atoms with Crippen LogP contribution in [-0.4, -0.2) is 29.4 Å². The molecule has 17 heavy (non-hydrogen) atoms. The van der Waals surface area contributed by atoms with Crippen LogP contribution in [0.25, 0.3) is 0 Å². The quantitative estimate of drug-likeness (QED) is 0.894. The number of hydrogen-bond acceptors (Lipinski definition) is 3. The van der Waals surface area contributed by atoms with Gasteiger partial charge >= 0.3 is 0 Å². The molecule has 1 aliphatic rings. The number of nitrogens with zero attached hydrogens (tertiary/aromatic N) is 1. The van der Waals surface area contributed by atoms with Crippen LogP contribution in [0.15, 0.2) is 16.8 Å². The fourth-order valence-electron chi connectivity index (χ4n) is 2.41. The van der Waals surface area contributed by atoms with Crippen molar-refractivity contribution < 1.29 is 4.79 Å². The topological polar surface area (TPSA) is 46.3 Å². The first-order valence-corrected chi connectivity index (χ1v) is 7.17. The minimum absolute atomic E-state index is 0.269. The zero-order valence-corrected chi connectivity index (χ0v) is 11.1. The van der Waals surface area contributed by atoms with E-state index in [9.17, 15) is 4.79 Å². The molecule has 4 heteroatoms. The third-order valence-electron chi connectivity index (χ3n) is 3.44. The van der Waals surface area contributed by atoms with Gasteiger partial charge in [-0.3, -0.25) is 4.79 Å². The molecule has 1 amide bonds. The fourth-order valence-corrected chi connectivity index (χ4v) is 3.11. The Morgan fingerprint density at radius 1 is 1.65 bits per heavy atom. The van der Waals surface area contributed by atoms with E-state index >= 15 is 0 Å². The van der Waals surface area contributed by atoms with Crippen molar-refractivity contribution in [3.05, 3.63) is 22.4 Å². The summed E-state index contributed by atoms with van der Waals surface area (Å²) < 4.78 is 0. The summed E-state index contributed by atoms with van der Waals surface area (Å²) in [4.78, 5) is 14.1. The van der Waals surface area contributed by atoms with Crippen molar-refractivity contribution in [2.45, 2.75) is 44.7 Å². The molecular formula is C13H20N2OS. The van der Waals surface area contributed by atoms with Crippen LogP contribution in [0.1, 0.15) is 31.7 Å². The number of nitrogens with two attached hydrogens (primary N) is 1. The lowest BCUT2D eigenvalue weighted by atomic mass is 9.98. The maximum atomic E-state index is 12.1. The fraction of sp³-hybridized carbons (Fsp3) is 0.615. The monoisotopic (exact) mass is 252 g/mol. The van der Waals surface area contributed by atoms with E-state index in [0.717, 1.165) is 25.8 Å². The van der Waals surface area contributed by atoms with E-state index in [-0.39, 0.29) is 11.9 Å². The minimum atomic E-state index is 0.269. The van der Waals surface area contributed by atoms with Crippen LogP contribution in [0.2, 0.25) is 0 Å². The summed E-state index contributed by atoms with van der Waals surface area (Å²) in [6, 6.07) is 2.66. The Bertz CT molecular complexity index is 364. The molecule has 0 radical (unpaired) electrons. The molecule has 0 saturated carbocycles. The number of piperidine rings is 1.